The van der Waals surface area contributed by atoms with Gasteiger partial charge in [-0.05, 0) is 70.4 Å². The summed E-state index contributed by atoms with van der Waals surface area (Å²) in [4.78, 5) is 0. The molecule has 0 aliphatic carbocycles. The first-order valence-corrected chi connectivity index (χ1v) is 10.4. The van der Waals surface area contributed by atoms with Gasteiger partial charge in [0.25, 0.3) is 0 Å². The minimum Gasteiger partial charge on any atom is -0.493 e. The van der Waals surface area contributed by atoms with Crippen LogP contribution in [0.3, 0.4) is 0 Å². The Hall–Kier alpha value is -1.95. The average Bonchev–Trinajstić information content (AvgIpc) is 2.69. The van der Waals surface area contributed by atoms with Crippen molar-refractivity contribution in [2.75, 3.05) is 12.4 Å². The highest BCUT2D eigenvalue weighted by Gasteiger charge is 2.13. The SMILES string of the molecule is COc1cc(CNc2ccc(C)c(Cl)c2)cc(Br)c1OCc1ccc(F)cc1Cl. The van der Waals surface area contributed by atoms with Crippen LogP contribution in [0.15, 0.2) is 53.0 Å². The van der Waals surface area contributed by atoms with Gasteiger partial charge in [-0.1, -0.05) is 35.3 Å². The quantitative estimate of drug-likeness (QED) is 0.368. The molecule has 0 atom stereocenters. The molecule has 0 fully saturated rings. The molecule has 0 amide bonds. The molecule has 3 nitrogen and oxygen atoms in total. The van der Waals surface area contributed by atoms with E-state index in [9.17, 15) is 4.39 Å². The molecular formula is C22H19BrCl2FNO2. The Balaban J connectivity index is 1.73. The molecule has 3 aromatic rings. The Morgan fingerprint density at radius 2 is 1.83 bits per heavy atom. The monoisotopic (exact) mass is 497 g/mol. The minimum absolute atomic E-state index is 0.188. The summed E-state index contributed by atoms with van der Waals surface area (Å²) >= 11 is 15.8. The molecule has 0 saturated heterocycles. The summed E-state index contributed by atoms with van der Waals surface area (Å²) in [7, 11) is 1.58. The van der Waals surface area contributed by atoms with Gasteiger partial charge in [-0.25, -0.2) is 4.39 Å². The molecule has 1 N–H and O–H groups in total. The van der Waals surface area contributed by atoms with Gasteiger partial charge in [-0.2, -0.15) is 0 Å². The molecule has 152 valence electrons. The van der Waals surface area contributed by atoms with E-state index in [1.54, 1.807) is 13.2 Å². The van der Waals surface area contributed by atoms with Gasteiger partial charge in [-0.3, -0.25) is 0 Å². The van der Waals surface area contributed by atoms with Crippen molar-refractivity contribution in [3.8, 4) is 11.5 Å². The van der Waals surface area contributed by atoms with Crippen molar-refractivity contribution < 1.29 is 13.9 Å². The number of ether oxygens (including phenoxy) is 2. The molecule has 29 heavy (non-hydrogen) atoms. The molecule has 0 saturated carbocycles. The largest absolute Gasteiger partial charge is 0.493 e. The highest BCUT2D eigenvalue weighted by molar-refractivity contribution is 9.10. The van der Waals surface area contributed by atoms with Crippen LogP contribution in [-0.4, -0.2) is 7.11 Å². The molecule has 7 heteroatoms. The van der Waals surface area contributed by atoms with E-state index >= 15 is 0 Å². The van der Waals surface area contributed by atoms with Crippen molar-refractivity contribution in [1.82, 2.24) is 0 Å². The van der Waals surface area contributed by atoms with E-state index in [4.69, 9.17) is 32.7 Å². The Labute approximate surface area is 187 Å². The normalized spacial score (nSPS) is 10.7. The minimum atomic E-state index is -0.385. The van der Waals surface area contributed by atoms with Crippen LogP contribution in [0.4, 0.5) is 10.1 Å². The fourth-order valence-corrected chi connectivity index (χ4v) is 3.72. The van der Waals surface area contributed by atoms with Gasteiger partial charge in [-0.15, -0.1) is 0 Å². The summed E-state index contributed by atoms with van der Waals surface area (Å²) in [6.45, 7) is 2.73. The summed E-state index contributed by atoms with van der Waals surface area (Å²) in [6.07, 6.45) is 0. The number of anilines is 1. The molecule has 0 aromatic heterocycles. The lowest BCUT2D eigenvalue weighted by Crippen LogP contribution is -2.03. The molecule has 0 aliphatic heterocycles. The summed E-state index contributed by atoms with van der Waals surface area (Å²) < 4.78 is 25.3. The topological polar surface area (TPSA) is 30.5 Å². The van der Waals surface area contributed by atoms with Gasteiger partial charge < -0.3 is 14.8 Å². The van der Waals surface area contributed by atoms with E-state index in [0.29, 0.717) is 28.6 Å². The first kappa shape index (κ1) is 21.8. The number of hydrogen-bond donors (Lipinski definition) is 1. The van der Waals surface area contributed by atoms with Crippen molar-refractivity contribution in [1.29, 1.82) is 0 Å². The van der Waals surface area contributed by atoms with Crippen molar-refractivity contribution in [3.63, 3.8) is 0 Å². The molecule has 0 heterocycles. The van der Waals surface area contributed by atoms with Crippen LogP contribution in [0.25, 0.3) is 0 Å². The number of aryl methyl sites for hydroxylation is 1. The van der Waals surface area contributed by atoms with E-state index < -0.39 is 0 Å². The van der Waals surface area contributed by atoms with E-state index in [1.807, 2.05) is 37.3 Å². The smallest absolute Gasteiger partial charge is 0.175 e. The van der Waals surface area contributed by atoms with Crippen LogP contribution in [0.5, 0.6) is 11.5 Å². The Kier molecular flexibility index (Phi) is 7.28. The molecule has 0 unspecified atom stereocenters. The molecule has 3 aromatic carbocycles. The lowest BCUT2D eigenvalue weighted by Gasteiger charge is -2.16. The Morgan fingerprint density at radius 3 is 2.52 bits per heavy atom. The first-order chi connectivity index (χ1) is 13.9. The van der Waals surface area contributed by atoms with E-state index in [2.05, 4.69) is 21.2 Å². The second-order valence-corrected chi connectivity index (χ2v) is 8.12. The molecule has 3 rings (SSSR count). The van der Waals surface area contributed by atoms with Gasteiger partial charge >= 0.3 is 0 Å². The van der Waals surface area contributed by atoms with Crippen molar-refractivity contribution >= 4 is 44.8 Å². The average molecular weight is 499 g/mol. The number of benzene rings is 3. The third-order valence-corrected chi connectivity index (χ3v) is 5.69. The van der Waals surface area contributed by atoms with Gasteiger partial charge in [0.15, 0.2) is 11.5 Å². The third kappa shape index (κ3) is 5.56. The predicted molar refractivity (Wildman–Crippen MR) is 120 cm³/mol. The van der Waals surface area contributed by atoms with E-state index in [-0.39, 0.29) is 12.4 Å². The molecule has 0 bridgehead atoms. The first-order valence-electron chi connectivity index (χ1n) is 8.80. The lowest BCUT2D eigenvalue weighted by molar-refractivity contribution is 0.282. The number of methoxy groups -OCH3 is 1. The van der Waals surface area contributed by atoms with Crippen molar-refractivity contribution in [2.45, 2.75) is 20.1 Å². The highest BCUT2D eigenvalue weighted by atomic mass is 79.9. The molecular weight excluding hydrogens is 480 g/mol. The molecule has 0 aliphatic rings. The molecule has 0 spiro atoms. The zero-order valence-electron chi connectivity index (χ0n) is 15.9. The standard InChI is InChI=1S/C22H19BrCl2FNO2/c1-13-3-6-17(10-19(13)24)27-11-14-7-18(23)22(21(8-14)28-2)29-12-15-4-5-16(26)9-20(15)25/h3-10,27H,11-12H2,1-2H3. The summed E-state index contributed by atoms with van der Waals surface area (Å²) in [5.74, 6) is 0.746. The van der Waals surface area contributed by atoms with Crippen LogP contribution in [0.2, 0.25) is 10.0 Å². The van der Waals surface area contributed by atoms with Crippen LogP contribution >= 0.6 is 39.1 Å². The maximum Gasteiger partial charge on any atom is 0.175 e. The Morgan fingerprint density at radius 1 is 1.03 bits per heavy atom. The zero-order valence-corrected chi connectivity index (χ0v) is 19.0. The third-order valence-electron chi connectivity index (χ3n) is 4.34. The van der Waals surface area contributed by atoms with E-state index in [0.717, 1.165) is 26.3 Å². The Bertz CT molecular complexity index is 1030. The van der Waals surface area contributed by atoms with Crippen LogP contribution in [-0.2, 0) is 13.2 Å². The van der Waals surface area contributed by atoms with E-state index in [1.165, 1.54) is 12.1 Å². The summed E-state index contributed by atoms with van der Waals surface area (Å²) in [5.41, 5.74) is 3.65. The zero-order chi connectivity index (χ0) is 21.0. The maximum atomic E-state index is 13.2. The fraction of sp³-hybridized carbons (Fsp3) is 0.182. The van der Waals surface area contributed by atoms with Crippen LogP contribution in [0, 0.1) is 12.7 Å². The number of halogens is 4. The van der Waals surface area contributed by atoms with Crippen LogP contribution in [0.1, 0.15) is 16.7 Å². The summed E-state index contributed by atoms with van der Waals surface area (Å²) in [6, 6.07) is 13.9. The number of rotatable bonds is 7. The van der Waals surface area contributed by atoms with Gasteiger partial charge in [0, 0.05) is 22.8 Å². The summed E-state index contributed by atoms with van der Waals surface area (Å²) in [5, 5.41) is 4.38. The fourth-order valence-electron chi connectivity index (χ4n) is 2.71. The second-order valence-electron chi connectivity index (χ2n) is 6.45. The number of nitrogens with one attached hydrogen (secondary N) is 1. The van der Waals surface area contributed by atoms with Gasteiger partial charge in [0.05, 0.1) is 16.6 Å². The predicted octanol–water partition coefficient (Wildman–Crippen LogP) is 7.40. The highest BCUT2D eigenvalue weighted by Crippen LogP contribution is 2.38. The van der Waals surface area contributed by atoms with Crippen molar-refractivity contribution in [3.05, 3.63) is 85.6 Å². The van der Waals surface area contributed by atoms with Gasteiger partial charge in [0.1, 0.15) is 12.4 Å². The van der Waals surface area contributed by atoms with Gasteiger partial charge in [0.2, 0.25) is 0 Å². The molecule has 0 radical (unpaired) electrons. The lowest BCUT2D eigenvalue weighted by atomic mass is 10.1. The number of hydrogen-bond acceptors (Lipinski definition) is 3. The maximum absolute atomic E-state index is 13.2. The second kappa shape index (κ2) is 9.70. The van der Waals surface area contributed by atoms with Crippen molar-refractivity contribution in [2.24, 2.45) is 0 Å². The van der Waals surface area contributed by atoms with Crippen LogP contribution < -0.4 is 14.8 Å².